The number of hydrogen-bond acceptors (Lipinski definition) is 5. The van der Waals surface area contributed by atoms with E-state index >= 15 is 0 Å². The van der Waals surface area contributed by atoms with Crippen molar-refractivity contribution < 1.29 is 19.8 Å². The van der Waals surface area contributed by atoms with Gasteiger partial charge in [-0.2, -0.15) is 0 Å². The summed E-state index contributed by atoms with van der Waals surface area (Å²) in [6, 6.07) is 9.97. The van der Waals surface area contributed by atoms with Gasteiger partial charge >= 0.3 is 5.97 Å². The van der Waals surface area contributed by atoms with Crippen molar-refractivity contribution in [1.29, 1.82) is 0 Å². The Bertz CT molecular complexity index is 695. The van der Waals surface area contributed by atoms with Gasteiger partial charge in [-0.15, -0.1) is 0 Å². The van der Waals surface area contributed by atoms with E-state index < -0.39 is 12.1 Å². The van der Waals surface area contributed by atoms with Crippen LogP contribution in [-0.2, 0) is 4.79 Å². The van der Waals surface area contributed by atoms with E-state index in [0.717, 1.165) is 0 Å². The Hall–Kier alpha value is -1.64. The normalized spacial score (nSPS) is 11.1. The summed E-state index contributed by atoms with van der Waals surface area (Å²) in [5, 5.41) is 17.9. The van der Waals surface area contributed by atoms with E-state index in [0.29, 0.717) is 14.9 Å². The van der Waals surface area contributed by atoms with Crippen LogP contribution in [0.5, 0.6) is 0 Å². The molecule has 1 atom stereocenters. The third-order valence-corrected chi connectivity index (χ3v) is 3.38. The maximum absolute atomic E-state index is 10.7. The van der Waals surface area contributed by atoms with Crippen LogP contribution in [0.1, 0.15) is 35.6 Å². The highest BCUT2D eigenvalue weighted by molar-refractivity contribution is 9.10. The molecule has 0 saturated heterocycles. The van der Waals surface area contributed by atoms with Crippen molar-refractivity contribution in [3.63, 3.8) is 0 Å². The Labute approximate surface area is 149 Å². The minimum atomic E-state index is -1.01. The standard InChI is InChI=1S/C9H10BrNO2.C6H4BrNO2/c1-6(12)5-8(13)7-3-2-4-9(10)11-7;7-5-3-1-2-4(8-5)6(9)10/h2-4,8,13H,5H2,1H3;1-3H,(H,9,10). The number of aromatic nitrogens is 2. The average Bonchev–Trinajstić information content (AvgIpc) is 2.47. The Morgan fingerprint density at radius 3 is 2.09 bits per heavy atom. The van der Waals surface area contributed by atoms with Crippen LogP contribution in [0.3, 0.4) is 0 Å². The van der Waals surface area contributed by atoms with Crippen LogP contribution in [0.4, 0.5) is 0 Å². The van der Waals surface area contributed by atoms with Crippen molar-refractivity contribution in [3.05, 3.63) is 57.0 Å². The smallest absolute Gasteiger partial charge is 0.354 e. The Kier molecular flexibility index (Phi) is 8.01. The molecule has 0 bridgehead atoms. The largest absolute Gasteiger partial charge is 0.477 e. The minimum Gasteiger partial charge on any atom is -0.477 e. The Morgan fingerprint density at radius 2 is 1.65 bits per heavy atom. The number of carboxylic acids is 1. The molecular weight excluding hydrogens is 432 g/mol. The molecule has 2 aromatic rings. The molecule has 0 fully saturated rings. The number of aromatic carboxylic acids is 1. The van der Waals surface area contributed by atoms with Crippen molar-refractivity contribution in [3.8, 4) is 0 Å². The van der Waals surface area contributed by atoms with E-state index in [1.165, 1.54) is 13.0 Å². The van der Waals surface area contributed by atoms with Crippen LogP contribution in [0.2, 0.25) is 0 Å². The fourth-order valence-corrected chi connectivity index (χ4v) is 2.21. The number of hydrogen-bond donors (Lipinski definition) is 2. The highest BCUT2D eigenvalue weighted by Crippen LogP contribution is 2.16. The molecule has 0 amide bonds. The zero-order valence-corrected chi connectivity index (χ0v) is 15.3. The second-order valence-corrected chi connectivity index (χ2v) is 6.08. The Balaban J connectivity index is 0.000000238. The maximum Gasteiger partial charge on any atom is 0.354 e. The molecular formula is C15H14Br2N2O4. The molecule has 0 aromatic carbocycles. The lowest BCUT2D eigenvalue weighted by atomic mass is 10.1. The minimum absolute atomic E-state index is 0.0470. The number of pyridine rings is 2. The van der Waals surface area contributed by atoms with Crippen LogP contribution < -0.4 is 0 Å². The first-order valence-corrected chi connectivity index (χ1v) is 8.04. The van der Waals surface area contributed by atoms with Gasteiger partial charge in [-0.25, -0.2) is 14.8 Å². The molecule has 1 unspecified atom stereocenters. The van der Waals surface area contributed by atoms with Gasteiger partial charge in [-0.3, -0.25) is 4.79 Å². The molecule has 0 aliphatic heterocycles. The first-order chi connectivity index (χ1) is 10.8. The number of carboxylic acid groups (broad SMARTS) is 1. The molecule has 2 N–H and O–H groups in total. The van der Waals surface area contributed by atoms with Gasteiger partial charge in [0.15, 0.2) is 0 Å². The average molecular weight is 446 g/mol. The number of aliphatic hydroxyl groups excluding tert-OH is 1. The molecule has 0 aliphatic carbocycles. The van der Waals surface area contributed by atoms with Crippen LogP contribution in [0.25, 0.3) is 0 Å². The van der Waals surface area contributed by atoms with Crippen LogP contribution >= 0.6 is 31.9 Å². The molecule has 0 radical (unpaired) electrons. The summed E-state index contributed by atoms with van der Waals surface area (Å²) >= 11 is 6.25. The van der Waals surface area contributed by atoms with E-state index in [1.807, 2.05) is 0 Å². The Morgan fingerprint density at radius 1 is 1.09 bits per heavy atom. The highest BCUT2D eigenvalue weighted by atomic mass is 79.9. The lowest BCUT2D eigenvalue weighted by molar-refractivity contribution is -0.118. The van der Waals surface area contributed by atoms with E-state index in [9.17, 15) is 14.7 Å². The first kappa shape index (κ1) is 19.4. The molecule has 2 aromatic heterocycles. The van der Waals surface area contributed by atoms with E-state index in [1.54, 1.807) is 30.3 Å². The van der Waals surface area contributed by atoms with Gasteiger partial charge in [-0.05, 0) is 63.0 Å². The second kappa shape index (κ2) is 9.49. The van der Waals surface area contributed by atoms with Gasteiger partial charge in [0, 0.05) is 6.42 Å². The zero-order valence-electron chi connectivity index (χ0n) is 12.1. The number of Topliss-reactive ketones (excluding diaryl/α,β-unsaturated/α-hetero) is 1. The fourth-order valence-electron chi connectivity index (χ4n) is 1.51. The highest BCUT2D eigenvalue weighted by Gasteiger charge is 2.11. The number of ketones is 1. The second-order valence-electron chi connectivity index (χ2n) is 4.46. The van der Waals surface area contributed by atoms with Gasteiger partial charge in [0.2, 0.25) is 0 Å². The third kappa shape index (κ3) is 7.45. The number of aliphatic hydroxyl groups is 1. The predicted octanol–water partition coefficient (Wildman–Crippen LogP) is 3.40. The number of carbonyl (C=O) groups is 2. The fraction of sp³-hybridized carbons (Fsp3) is 0.200. The van der Waals surface area contributed by atoms with Gasteiger partial charge in [0.05, 0.1) is 5.69 Å². The van der Waals surface area contributed by atoms with Crippen molar-refractivity contribution in [2.24, 2.45) is 0 Å². The van der Waals surface area contributed by atoms with E-state index in [-0.39, 0.29) is 17.9 Å². The molecule has 2 rings (SSSR count). The molecule has 6 nitrogen and oxygen atoms in total. The third-order valence-electron chi connectivity index (χ3n) is 2.49. The topological polar surface area (TPSA) is 100 Å². The lowest BCUT2D eigenvalue weighted by Crippen LogP contribution is -2.05. The monoisotopic (exact) mass is 444 g/mol. The van der Waals surface area contributed by atoms with E-state index in [2.05, 4.69) is 41.8 Å². The molecule has 122 valence electrons. The van der Waals surface area contributed by atoms with Gasteiger partial charge in [0.25, 0.3) is 0 Å². The SMILES string of the molecule is CC(=O)CC(O)c1cccc(Br)n1.O=C(O)c1cccc(Br)n1. The zero-order chi connectivity index (χ0) is 17.4. The van der Waals surface area contributed by atoms with Gasteiger partial charge in [-0.1, -0.05) is 12.1 Å². The number of halogens is 2. The van der Waals surface area contributed by atoms with E-state index in [4.69, 9.17) is 5.11 Å². The van der Waals surface area contributed by atoms with Gasteiger partial charge in [0.1, 0.15) is 26.8 Å². The maximum atomic E-state index is 10.7. The summed E-state index contributed by atoms with van der Waals surface area (Å²) in [5.41, 5.74) is 0.568. The number of nitrogens with zero attached hydrogens (tertiary/aromatic N) is 2. The molecule has 0 aliphatic rings. The predicted molar refractivity (Wildman–Crippen MR) is 91.1 cm³/mol. The van der Waals surface area contributed by atoms with Gasteiger partial charge < -0.3 is 10.2 Å². The summed E-state index contributed by atoms with van der Waals surface area (Å²) in [6.07, 6.45) is -0.682. The molecule has 23 heavy (non-hydrogen) atoms. The summed E-state index contributed by atoms with van der Waals surface area (Å²) in [7, 11) is 0. The first-order valence-electron chi connectivity index (χ1n) is 6.45. The summed E-state index contributed by atoms with van der Waals surface area (Å²) in [4.78, 5) is 28.7. The molecule has 2 heterocycles. The van der Waals surface area contributed by atoms with Crippen molar-refractivity contribution in [1.82, 2.24) is 9.97 Å². The summed E-state index contributed by atoms with van der Waals surface area (Å²) in [6.45, 7) is 1.45. The van der Waals surface area contributed by atoms with Crippen molar-refractivity contribution in [2.75, 3.05) is 0 Å². The molecule has 0 saturated carbocycles. The number of rotatable bonds is 4. The van der Waals surface area contributed by atoms with Crippen LogP contribution in [0, 0.1) is 0 Å². The molecule has 0 spiro atoms. The summed E-state index contributed by atoms with van der Waals surface area (Å²) < 4.78 is 1.19. The van der Waals surface area contributed by atoms with Crippen molar-refractivity contribution >= 4 is 43.6 Å². The quantitative estimate of drug-likeness (QED) is 0.699. The van der Waals surface area contributed by atoms with Crippen molar-refractivity contribution in [2.45, 2.75) is 19.4 Å². The lowest BCUT2D eigenvalue weighted by Gasteiger charge is -2.07. The van der Waals surface area contributed by atoms with Crippen LogP contribution in [0.15, 0.2) is 45.6 Å². The van der Waals surface area contributed by atoms with Crippen LogP contribution in [-0.4, -0.2) is 31.9 Å². The number of carbonyl (C=O) groups excluding carboxylic acids is 1. The molecule has 8 heteroatoms. The summed E-state index contributed by atoms with van der Waals surface area (Å²) in [5.74, 6) is -1.06.